The zero-order valence-corrected chi connectivity index (χ0v) is 41.1. The molecule has 4 aromatic carbocycles. The number of nitrogens with zero attached hydrogens (tertiary/aromatic N) is 9. The van der Waals surface area contributed by atoms with E-state index in [0.29, 0.717) is 23.2 Å². The summed E-state index contributed by atoms with van der Waals surface area (Å²) in [5.74, 6) is 2.72. The number of hydrogen-bond donors (Lipinski definition) is 0. The van der Waals surface area contributed by atoms with Crippen molar-refractivity contribution < 1.29 is 25.8 Å². The van der Waals surface area contributed by atoms with E-state index in [9.17, 15) is 0 Å². The third-order valence-electron chi connectivity index (χ3n) is 13.4. The molecule has 9 aromatic rings. The van der Waals surface area contributed by atoms with E-state index in [0.717, 1.165) is 49.6 Å². The van der Waals surface area contributed by atoms with Gasteiger partial charge in [-0.1, -0.05) is 147 Å². The molecule has 0 saturated carbocycles. The number of benzene rings is 4. The Morgan fingerprint density at radius 3 is 2.05 bits per heavy atom. The summed E-state index contributed by atoms with van der Waals surface area (Å²) in [4.78, 5) is 17.8. The standard InChI is InChI=1S/C52H49N5O.CH3N3.CHN.CH4.Pt/c1-29(2)32-23-39(30(3)4)47(40(24-32)31(5)6)43-26-34(27-46(55-43)56-44-19-12-11-15-36(44)38-17-14-22-53-49(38)56)58-33-20-21-35-37-16-13-18-42-48(37)57-45(52(9,10)51(42,7)8)28-54-50(57)41(35)25-33;1-3-4-2;1-2;;/h11-24,26,28-31H,1-10H3;1H3;1H;1H4;/q-2;;;;+2. The zero-order valence-electron chi connectivity index (χ0n) is 38.8. The Labute approximate surface area is 402 Å². The third kappa shape index (κ3) is 7.78. The first-order chi connectivity index (χ1) is 30.7. The number of para-hydroxylation sites is 2. The van der Waals surface area contributed by atoms with Gasteiger partial charge in [0, 0.05) is 75.3 Å². The number of aromatic nitrogens is 5. The summed E-state index contributed by atoms with van der Waals surface area (Å²) >= 11 is 0. The molecule has 338 valence electrons. The van der Waals surface area contributed by atoms with Crippen molar-refractivity contribution in [1.82, 2.24) is 23.9 Å². The number of ether oxygens (including phenoxy) is 1. The van der Waals surface area contributed by atoms with E-state index in [1.165, 1.54) is 45.9 Å². The first kappa shape index (κ1) is 48.9. The average molecular weight is 1060 g/mol. The Hall–Kier alpha value is -6.52. The molecule has 6 heterocycles. The maximum absolute atomic E-state index is 7.33. The van der Waals surface area contributed by atoms with E-state index in [-0.39, 0.29) is 51.2 Å². The van der Waals surface area contributed by atoms with Crippen molar-refractivity contribution in [2.45, 2.75) is 105 Å². The summed E-state index contributed by atoms with van der Waals surface area (Å²) in [7, 11) is 1.39. The van der Waals surface area contributed by atoms with Gasteiger partial charge in [0.15, 0.2) is 0 Å². The number of nitriles is 1. The Morgan fingerprint density at radius 2 is 1.39 bits per heavy atom. The average Bonchev–Trinajstić information content (AvgIpc) is 3.90. The molecule has 10 rings (SSSR count). The van der Waals surface area contributed by atoms with Gasteiger partial charge in [0.2, 0.25) is 0 Å². The molecule has 0 atom stereocenters. The fourth-order valence-corrected chi connectivity index (χ4v) is 9.41. The summed E-state index contributed by atoms with van der Waals surface area (Å²) in [5.41, 5.74) is 19.5. The number of azide groups is 1. The molecule has 0 fully saturated rings. The minimum absolute atomic E-state index is 0. The van der Waals surface area contributed by atoms with Gasteiger partial charge in [-0.25, -0.2) is 10.2 Å². The zero-order chi connectivity index (χ0) is 45.8. The molecule has 0 unspecified atom stereocenters. The first-order valence-corrected chi connectivity index (χ1v) is 21.8. The fraction of sp³-hybridized carbons (Fsp3) is 0.309. The Balaban J connectivity index is 0.000000856. The fourth-order valence-electron chi connectivity index (χ4n) is 9.41. The van der Waals surface area contributed by atoms with Crippen LogP contribution in [0.3, 0.4) is 0 Å². The van der Waals surface area contributed by atoms with Gasteiger partial charge in [-0.15, -0.1) is 18.2 Å². The maximum Gasteiger partial charge on any atom is 2.00 e. The molecule has 0 amide bonds. The van der Waals surface area contributed by atoms with Crippen molar-refractivity contribution in [3.63, 3.8) is 0 Å². The van der Waals surface area contributed by atoms with Gasteiger partial charge in [0.05, 0.1) is 11.2 Å². The van der Waals surface area contributed by atoms with Crippen molar-refractivity contribution in [3.8, 4) is 35.1 Å². The van der Waals surface area contributed by atoms with Crippen LogP contribution in [0.5, 0.6) is 11.5 Å². The molecule has 1 aliphatic rings. The molecule has 66 heavy (non-hydrogen) atoms. The van der Waals surface area contributed by atoms with Gasteiger partial charge in [0.25, 0.3) is 0 Å². The van der Waals surface area contributed by atoms with Gasteiger partial charge >= 0.3 is 21.1 Å². The van der Waals surface area contributed by atoms with Crippen molar-refractivity contribution >= 4 is 49.3 Å². The van der Waals surface area contributed by atoms with Crippen LogP contribution in [0.4, 0.5) is 0 Å². The van der Waals surface area contributed by atoms with Crippen LogP contribution in [-0.4, -0.2) is 31.0 Å². The Morgan fingerprint density at radius 1 is 0.742 bits per heavy atom. The van der Waals surface area contributed by atoms with E-state index < -0.39 is 0 Å². The van der Waals surface area contributed by atoms with Crippen LogP contribution in [0, 0.1) is 24.0 Å². The van der Waals surface area contributed by atoms with E-state index >= 15 is 0 Å². The molecular weight excluding hydrogens is 998 g/mol. The predicted molar refractivity (Wildman–Crippen MR) is 267 cm³/mol. The molecular formula is C55H57N9OPt. The summed E-state index contributed by atoms with van der Waals surface area (Å²) in [6.45, 7) is 26.5. The number of imidazole rings is 1. The molecule has 0 aliphatic carbocycles. The van der Waals surface area contributed by atoms with Crippen LogP contribution in [-0.2, 0) is 31.9 Å². The van der Waals surface area contributed by atoms with Crippen LogP contribution in [0.25, 0.3) is 76.8 Å². The minimum atomic E-state index is -0.146. The predicted octanol–water partition coefficient (Wildman–Crippen LogP) is 15.2. The SMILES string of the molecule is C.C#N.CC(C)c1cc(C(C)C)c(-c2cc(Oc3[c-]c4c(cc3)c3cccc5c3n3c(cnc43)C(C)(C)C5(C)C)[c-]c(-n3c4ccccc4c4cccnc43)n2)c(C(C)C)c1.CN=[N+]=[N-].[Pt+2]. The number of hydrogen-bond acceptors (Lipinski definition) is 6. The van der Waals surface area contributed by atoms with E-state index in [2.05, 4.69) is 186 Å². The van der Waals surface area contributed by atoms with Crippen LogP contribution < -0.4 is 4.74 Å². The summed E-state index contributed by atoms with van der Waals surface area (Å²) in [6.07, 6.45) is 3.91. The van der Waals surface area contributed by atoms with E-state index in [4.69, 9.17) is 30.5 Å². The molecule has 0 saturated heterocycles. The van der Waals surface area contributed by atoms with Gasteiger partial charge in [-0.3, -0.25) is 14.5 Å². The van der Waals surface area contributed by atoms with Crippen LogP contribution in [0.15, 0.2) is 102 Å². The Bertz CT molecular complexity index is 3270. The molecule has 5 aromatic heterocycles. The smallest absolute Gasteiger partial charge is 0.515 e. The largest absolute Gasteiger partial charge is 2.00 e. The number of fused-ring (bicyclic) bond motifs is 6. The van der Waals surface area contributed by atoms with Crippen LogP contribution in [0.1, 0.15) is 122 Å². The molecule has 0 bridgehead atoms. The van der Waals surface area contributed by atoms with Crippen molar-refractivity contribution in [2.75, 3.05) is 7.05 Å². The second kappa shape index (κ2) is 18.8. The summed E-state index contributed by atoms with van der Waals surface area (Å²) in [5, 5.41) is 14.8. The minimum Gasteiger partial charge on any atom is -0.515 e. The van der Waals surface area contributed by atoms with Crippen LogP contribution in [0.2, 0.25) is 0 Å². The molecule has 0 N–H and O–H groups in total. The second-order valence-corrected chi connectivity index (χ2v) is 18.5. The van der Waals surface area contributed by atoms with Gasteiger partial charge < -0.3 is 9.14 Å². The van der Waals surface area contributed by atoms with Crippen molar-refractivity contribution in [1.29, 1.82) is 5.26 Å². The first-order valence-electron chi connectivity index (χ1n) is 21.8. The van der Waals surface area contributed by atoms with E-state index in [1.54, 1.807) is 0 Å². The van der Waals surface area contributed by atoms with Gasteiger partial charge in [0.1, 0.15) is 5.65 Å². The number of rotatable bonds is 7. The quantitative estimate of drug-likeness (QED) is 0.0516. The summed E-state index contributed by atoms with van der Waals surface area (Å²) in [6, 6.07) is 37.6. The molecule has 0 radical (unpaired) electrons. The van der Waals surface area contributed by atoms with Crippen molar-refractivity contribution in [2.24, 2.45) is 5.11 Å². The normalized spacial score (nSPS) is 13.3. The molecule has 10 nitrogen and oxygen atoms in total. The monoisotopic (exact) mass is 1050 g/mol. The third-order valence-corrected chi connectivity index (χ3v) is 13.4. The molecule has 1 aliphatic heterocycles. The summed E-state index contributed by atoms with van der Waals surface area (Å²) < 4.78 is 11.4. The molecule has 11 heteroatoms. The maximum atomic E-state index is 7.33. The van der Waals surface area contributed by atoms with E-state index in [1.807, 2.05) is 18.3 Å². The van der Waals surface area contributed by atoms with Gasteiger partial charge in [-0.2, -0.15) is 6.07 Å². The molecule has 0 spiro atoms. The van der Waals surface area contributed by atoms with Crippen molar-refractivity contribution in [3.05, 3.63) is 148 Å². The van der Waals surface area contributed by atoms with Crippen LogP contribution >= 0.6 is 0 Å². The number of pyridine rings is 3. The Kier molecular flexibility index (Phi) is 13.9. The topological polar surface area (TPSA) is 130 Å². The van der Waals surface area contributed by atoms with Gasteiger partial charge in [-0.05, 0) is 86.1 Å². The second-order valence-electron chi connectivity index (χ2n) is 18.5.